The molecule has 0 aliphatic heterocycles. The lowest BCUT2D eigenvalue weighted by Crippen LogP contribution is -2.36. The van der Waals surface area contributed by atoms with Gasteiger partial charge in [-0.1, -0.05) is 0 Å². The number of nitrogens with two attached hydrogens (primary N) is 1. The lowest BCUT2D eigenvalue weighted by Gasteiger charge is -2.27. The van der Waals surface area contributed by atoms with Crippen molar-refractivity contribution in [3.05, 3.63) is 33.8 Å². The zero-order valence-electron chi connectivity index (χ0n) is 11.0. The molecule has 0 unspecified atom stereocenters. The number of carbonyl (C=O) groups is 1. The Hall–Kier alpha value is -1.01. The van der Waals surface area contributed by atoms with Crippen LogP contribution in [-0.4, -0.2) is 11.9 Å². The molecule has 0 spiro atoms. The Bertz CT molecular complexity index is 502. The van der Waals surface area contributed by atoms with E-state index in [1.165, 1.54) is 12.1 Å². The van der Waals surface area contributed by atoms with Gasteiger partial charge in [0.1, 0.15) is 11.6 Å². The summed E-state index contributed by atoms with van der Waals surface area (Å²) in [7, 11) is 0. The van der Waals surface area contributed by atoms with Gasteiger partial charge >= 0.3 is 0 Å². The maximum absolute atomic E-state index is 13.8. The molecule has 0 atom stereocenters. The summed E-state index contributed by atoms with van der Waals surface area (Å²) >= 11 is 3.05. The molecule has 1 saturated carbocycles. The second-order valence-corrected chi connectivity index (χ2v) is 6.01. The number of rotatable bonds is 4. The molecule has 110 valence electrons. The average Bonchev–Trinajstić information content (AvgIpc) is 2.43. The van der Waals surface area contributed by atoms with Gasteiger partial charge in [0.2, 0.25) is 5.91 Å². The maximum Gasteiger partial charge on any atom is 0.220 e. The van der Waals surface area contributed by atoms with E-state index in [0.717, 1.165) is 25.7 Å². The van der Waals surface area contributed by atoms with Gasteiger partial charge in [-0.3, -0.25) is 4.79 Å². The van der Waals surface area contributed by atoms with Crippen molar-refractivity contribution in [2.75, 3.05) is 0 Å². The summed E-state index contributed by atoms with van der Waals surface area (Å²) < 4.78 is 27.6. The first-order valence-electron chi connectivity index (χ1n) is 6.64. The highest BCUT2D eigenvalue weighted by Crippen LogP contribution is 2.25. The first-order chi connectivity index (χ1) is 9.49. The van der Waals surface area contributed by atoms with Gasteiger partial charge in [-0.15, -0.1) is 0 Å². The summed E-state index contributed by atoms with van der Waals surface area (Å²) in [5.41, 5.74) is 5.31. The van der Waals surface area contributed by atoms with Crippen molar-refractivity contribution in [1.29, 1.82) is 0 Å². The predicted molar refractivity (Wildman–Crippen MR) is 75.8 cm³/mol. The van der Waals surface area contributed by atoms with Crippen LogP contribution in [0, 0.1) is 17.6 Å². The Labute approximate surface area is 125 Å². The monoisotopic (exact) mass is 346 g/mol. The van der Waals surface area contributed by atoms with Crippen molar-refractivity contribution in [2.45, 2.75) is 38.3 Å². The normalized spacial score (nSPS) is 22.8. The van der Waals surface area contributed by atoms with Gasteiger partial charge in [0, 0.05) is 24.1 Å². The number of halogens is 3. The number of hydrogen-bond donors (Lipinski definition) is 2. The third-order valence-corrected chi connectivity index (χ3v) is 4.45. The fourth-order valence-corrected chi connectivity index (χ4v) is 2.93. The highest BCUT2D eigenvalue weighted by molar-refractivity contribution is 9.10. The third kappa shape index (κ3) is 3.55. The van der Waals surface area contributed by atoms with Gasteiger partial charge in [0.25, 0.3) is 0 Å². The lowest BCUT2D eigenvalue weighted by atomic mass is 9.85. The smallest absolute Gasteiger partial charge is 0.220 e. The highest BCUT2D eigenvalue weighted by atomic mass is 79.9. The second-order valence-electron chi connectivity index (χ2n) is 5.15. The van der Waals surface area contributed by atoms with Crippen molar-refractivity contribution in [3.8, 4) is 0 Å². The largest absolute Gasteiger partial charge is 0.369 e. The molecular weight excluding hydrogens is 330 g/mol. The Balaban J connectivity index is 1.91. The Morgan fingerprint density at radius 1 is 1.30 bits per heavy atom. The number of benzene rings is 1. The molecule has 1 aliphatic carbocycles. The van der Waals surface area contributed by atoms with Crippen LogP contribution < -0.4 is 11.1 Å². The summed E-state index contributed by atoms with van der Waals surface area (Å²) in [6.45, 7) is 0.142. The molecule has 1 aromatic carbocycles. The molecule has 1 aliphatic rings. The van der Waals surface area contributed by atoms with Gasteiger partial charge in [-0.2, -0.15) is 0 Å². The molecule has 3 nitrogen and oxygen atoms in total. The number of hydrogen-bond acceptors (Lipinski definition) is 2. The van der Waals surface area contributed by atoms with E-state index in [1.54, 1.807) is 0 Å². The van der Waals surface area contributed by atoms with Crippen LogP contribution in [0.1, 0.15) is 31.2 Å². The number of amides is 1. The summed E-state index contributed by atoms with van der Waals surface area (Å²) in [5, 5.41) is 3.15. The Morgan fingerprint density at radius 3 is 2.55 bits per heavy atom. The predicted octanol–water partition coefficient (Wildman–Crippen LogP) is 2.86. The van der Waals surface area contributed by atoms with Crippen LogP contribution in [-0.2, 0) is 11.3 Å². The fourth-order valence-electron chi connectivity index (χ4n) is 2.56. The summed E-state index contributed by atoms with van der Waals surface area (Å²) in [4.78, 5) is 11.1. The first-order valence-corrected chi connectivity index (χ1v) is 7.43. The van der Waals surface area contributed by atoms with Crippen LogP contribution >= 0.6 is 15.9 Å². The Morgan fingerprint density at radius 2 is 1.95 bits per heavy atom. The van der Waals surface area contributed by atoms with E-state index in [0.29, 0.717) is 0 Å². The zero-order valence-corrected chi connectivity index (χ0v) is 12.6. The van der Waals surface area contributed by atoms with Crippen LogP contribution in [0.4, 0.5) is 8.78 Å². The van der Waals surface area contributed by atoms with E-state index < -0.39 is 11.6 Å². The van der Waals surface area contributed by atoms with Crippen molar-refractivity contribution < 1.29 is 13.6 Å². The standard InChI is InChI=1S/C14H17BrF2N2O/c15-11-5-6-12(16)10(13(11)17)7-19-9-3-1-8(2-4-9)14(18)20/h5-6,8-9,19H,1-4,7H2,(H2,18,20). The van der Waals surface area contributed by atoms with Gasteiger partial charge < -0.3 is 11.1 Å². The summed E-state index contributed by atoms with van der Waals surface area (Å²) in [5.74, 6) is -1.44. The quantitative estimate of drug-likeness (QED) is 0.823. The van der Waals surface area contributed by atoms with E-state index in [-0.39, 0.29) is 34.4 Å². The van der Waals surface area contributed by atoms with E-state index in [9.17, 15) is 13.6 Å². The molecule has 0 saturated heterocycles. The zero-order chi connectivity index (χ0) is 14.7. The van der Waals surface area contributed by atoms with Gasteiger partial charge in [-0.25, -0.2) is 8.78 Å². The van der Waals surface area contributed by atoms with E-state index in [1.807, 2.05) is 0 Å². The SMILES string of the molecule is NC(=O)C1CCC(NCc2c(F)ccc(Br)c2F)CC1. The molecule has 1 aromatic rings. The summed E-state index contributed by atoms with van der Waals surface area (Å²) in [6, 6.07) is 2.77. The molecule has 2 rings (SSSR count). The van der Waals surface area contributed by atoms with Crippen molar-refractivity contribution >= 4 is 21.8 Å². The molecule has 1 fully saturated rings. The van der Waals surface area contributed by atoms with E-state index in [4.69, 9.17) is 5.73 Å². The second kappa shape index (κ2) is 6.63. The molecule has 6 heteroatoms. The van der Waals surface area contributed by atoms with Crippen LogP contribution in [0.15, 0.2) is 16.6 Å². The Kier molecular flexibility index (Phi) is 5.10. The molecule has 0 bridgehead atoms. The minimum atomic E-state index is -0.566. The van der Waals surface area contributed by atoms with Crippen LogP contribution in [0.5, 0.6) is 0 Å². The van der Waals surface area contributed by atoms with Crippen molar-refractivity contribution in [1.82, 2.24) is 5.32 Å². The fraction of sp³-hybridized carbons (Fsp3) is 0.500. The van der Waals surface area contributed by atoms with Crippen molar-refractivity contribution in [2.24, 2.45) is 11.7 Å². The molecule has 1 amide bonds. The van der Waals surface area contributed by atoms with E-state index in [2.05, 4.69) is 21.2 Å². The summed E-state index contributed by atoms with van der Waals surface area (Å²) in [6.07, 6.45) is 3.06. The minimum absolute atomic E-state index is 0.0383. The van der Waals surface area contributed by atoms with Crippen LogP contribution in [0.2, 0.25) is 0 Å². The number of primary amides is 1. The average molecular weight is 347 g/mol. The van der Waals surface area contributed by atoms with Crippen LogP contribution in [0.25, 0.3) is 0 Å². The van der Waals surface area contributed by atoms with Crippen molar-refractivity contribution in [3.63, 3.8) is 0 Å². The molecule has 0 aromatic heterocycles. The number of carbonyl (C=O) groups excluding carboxylic acids is 1. The number of nitrogens with one attached hydrogen (secondary N) is 1. The lowest BCUT2D eigenvalue weighted by molar-refractivity contribution is -0.122. The molecule has 20 heavy (non-hydrogen) atoms. The third-order valence-electron chi connectivity index (χ3n) is 3.84. The van der Waals surface area contributed by atoms with Gasteiger partial charge in [0.05, 0.1) is 4.47 Å². The van der Waals surface area contributed by atoms with Gasteiger partial charge in [-0.05, 0) is 53.7 Å². The highest BCUT2D eigenvalue weighted by Gasteiger charge is 2.24. The minimum Gasteiger partial charge on any atom is -0.369 e. The first kappa shape index (κ1) is 15.4. The van der Waals surface area contributed by atoms with Crippen LogP contribution in [0.3, 0.4) is 0 Å². The maximum atomic E-state index is 13.8. The molecule has 3 N–H and O–H groups in total. The van der Waals surface area contributed by atoms with Gasteiger partial charge in [0.15, 0.2) is 0 Å². The molecular formula is C14H17BrF2N2O. The van der Waals surface area contributed by atoms with E-state index >= 15 is 0 Å². The molecule has 0 radical (unpaired) electrons. The topological polar surface area (TPSA) is 55.1 Å². The molecule has 0 heterocycles.